The number of rotatable bonds is 2. The number of carbonyl (C=O) groups is 4. The number of aliphatic hydroxyl groups excluding tert-OH is 1. The van der Waals surface area contributed by atoms with Crippen molar-refractivity contribution in [3.63, 3.8) is 0 Å². The van der Waals surface area contributed by atoms with Crippen molar-refractivity contribution in [2.45, 2.75) is 82.6 Å². The van der Waals surface area contributed by atoms with Gasteiger partial charge >= 0.3 is 18.1 Å². The molecule has 33 heavy (non-hydrogen) atoms. The fourth-order valence-electron chi connectivity index (χ4n) is 4.28. The summed E-state index contributed by atoms with van der Waals surface area (Å²) in [6.45, 7) is 5.20. The Morgan fingerprint density at radius 1 is 1.24 bits per heavy atom. The molecular weight excluding hydrogens is 432 g/mol. The summed E-state index contributed by atoms with van der Waals surface area (Å²) in [6, 6.07) is -1.70. The highest BCUT2D eigenvalue weighted by Gasteiger charge is 2.61. The Hall–Kier alpha value is -2.82. The van der Waals surface area contributed by atoms with Gasteiger partial charge < -0.3 is 25.2 Å². The molecule has 0 spiro atoms. The highest BCUT2D eigenvalue weighted by Crippen LogP contribution is 2.45. The van der Waals surface area contributed by atoms with Crippen LogP contribution in [0.5, 0.6) is 0 Å². The van der Waals surface area contributed by atoms with Gasteiger partial charge in [-0.3, -0.25) is 4.79 Å². The third-order valence-corrected chi connectivity index (χ3v) is 6.05. The SMILES string of the molecule is CC(C)(C)OC(=O)NN1CCCCC/C=C\[C@@H]2C[C@@]2(C(=O)O)NC(=O)[C@@H]2CC(O)CN2C1=O. The van der Waals surface area contributed by atoms with Gasteiger partial charge in [0, 0.05) is 25.4 Å². The van der Waals surface area contributed by atoms with Crippen LogP contribution in [0.4, 0.5) is 9.59 Å². The van der Waals surface area contributed by atoms with Crippen LogP contribution < -0.4 is 10.7 Å². The van der Waals surface area contributed by atoms with Gasteiger partial charge in [0.15, 0.2) is 0 Å². The molecule has 0 aromatic rings. The molecule has 2 fully saturated rings. The summed E-state index contributed by atoms with van der Waals surface area (Å²) in [5.41, 5.74) is 0.298. The summed E-state index contributed by atoms with van der Waals surface area (Å²) in [6.07, 6.45) is 5.22. The van der Waals surface area contributed by atoms with Crippen molar-refractivity contribution in [3.05, 3.63) is 12.2 Å². The van der Waals surface area contributed by atoms with Crippen LogP contribution in [0, 0.1) is 5.92 Å². The predicted molar refractivity (Wildman–Crippen MR) is 117 cm³/mol. The van der Waals surface area contributed by atoms with Crippen molar-refractivity contribution >= 4 is 24.0 Å². The van der Waals surface area contributed by atoms with Gasteiger partial charge in [0.1, 0.15) is 17.2 Å². The second-order valence-corrected chi connectivity index (χ2v) is 9.96. The van der Waals surface area contributed by atoms with Gasteiger partial charge in [-0.15, -0.1) is 0 Å². The Bertz CT molecular complexity index is 824. The van der Waals surface area contributed by atoms with E-state index in [1.165, 1.54) is 4.90 Å². The lowest BCUT2D eigenvalue weighted by molar-refractivity contribution is -0.144. The number of aliphatic hydroxyl groups is 1. The number of hydrogen-bond acceptors (Lipinski definition) is 6. The zero-order valence-electron chi connectivity index (χ0n) is 19.4. The van der Waals surface area contributed by atoms with Gasteiger partial charge in [-0.1, -0.05) is 18.6 Å². The highest BCUT2D eigenvalue weighted by molar-refractivity contribution is 5.94. The molecule has 1 saturated heterocycles. The second-order valence-electron chi connectivity index (χ2n) is 9.96. The van der Waals surface area contributed by atoms with Gasteiger partial charge in [0.25, 0.3) is 0 Å². The lowest BCUT2D eigenvalue weighted by Crippen LogP contribution is -2.58. The van der Waals surface area contributed by atoms with E-state index in [1.807, 2.05) is 12.2 Å². The maximum atomic E-state index is 13.3. The van der Waals surface area contributed by atoms with E-state index >= 15 is 0 Å². The summed E-state index contributed by atoms with van der Waals surface area (Å²) in [4.78, 5) is 51.8. The van der Waals surface area contributed by atoms with Crippen molar-refractivity contribution in [2.24, 2.45) is 5.92 Å². The van der Waals surface area contributed by atoms with Crippen molar-refractivity contribution in [1.82, 2.24) is 20.7 Å². The van der Waals surface area contributed by atoms with E-state index < -0.39 is 47.3 Å². The Labute approximate surface area is 193 Å². The van der Waals surface area contributed by atoms with Crippen LogP contribution in [0.25, 0.3) is 0 Å². The average molecular weight is 467 g/mol. The molecule has 3 rings (SSSR count). The molecule has 4 atom stereocenters. The number of aliphatic carboxylic acids is 1. The molecule has 0 aromatic carbocycles. The standard InChI is InChI=1S/C22H34N4O7/c1-21(2,3)33-19(31)24-26-10-8-6-4-5-7-9-14-12-22(14,18(29)30)23-17(28)16-11-15(27)13-25(16)20(26)32/h7,9,14-16,27H,4-6,8,10-13H2,1-3H3,(H,23,28)(H,24,31)(H,29,30)/b9-7-/t14-,15?,16+,22-/m1/s1. The zero-order valence-corrected chi connectivity index (χ0v) is 19.4. The topological polar surface area (TPSA) is 149 Å². The van der Waals surface area contributed by atoms with E-state index in [0.29, 0.717) is 6.42 Å². The number of carbonyl (C=O) groups excluding carboxylic acids is 3. The smallest absolute Gasteiger partial charge is 0.426 e. The molecule has 184 valence electrons. The summed E-state index contributed by atoms with van der Waals surface area (Å²) in [7, 11) is 0. The van der Waals surface area contributed by atoms with Crippen molar-refractivity contribution in [1.29, 1.82) is 0 Å². The van der Waals surface area contributed by atoms with E-state index in [4.69, 9.17) is 4.74 Å². The van der Waals surface area contributed by atoms with E-state index in [0.717, 1.165) is 24.3 Å². The lowest BCUT2D eigenvalue weighted by Gasteiger charge is -2.32. The summed E-state index contributed by atoms with van der Waals surface area (Å²) in [5.74, 6) is -2.07. The molecule has 2 aliphatic heterocycles. The first-order valence-corrected chi connectivity index (χ1v) is 11.4. The molecule has 4 N–H and O–H groups in total. The number of amides is 4. The quantitative estimate of drug-likeness (QED) is 0.449. The van der Waals surface area contributed by atoms with E-state index in [1.54, 1.807) is 20.8 Å². The number of ether oxygens (including phenoxy) is 1. The second kappa shape index (κ2) is 9.58. The van der Waals surface area contributed by atoms with Gasteiger partial charge in [-0.25, -0.2) is 24.8 Å². The normalized spacial score (nSPS) is 31.9. The number of allylic oxidation sites excluding steroid dienone is 1. The van der Waals surface area contributed by atoms with Crippen LogP contribution in [-0.2, 0) is 14.3 Å². The Kier molecular flexibility index (Phi) is 7.20. The van der Waals surface area contributed by atoms with Gasteiger partial charge in [-0.2, -0.15) is 0 Å². The Balaban J connectivity index is 1.83. The molecule has 0 aromatic heterocycles. The number of fused-ring (bicyclic) bond motifs is 2. The maximum Gasteiger partial charge on any atom is 0.426 e. The minimum atomic E-state index is -1.40. The molecule has 1 unspecified atom stereocenters. The van der Waals surface area contributed by atoms with Crippen LogP contribution in [0.15, 0.2) is 12.2 Å². The number of nitrogens with one attached hydrogen (secondary N) is 2. The first kappa shape index (κ1) is 24.8. The number of nitrogens with zero attached hydrogens (tertiary/aromatic N) is 2. The van der Waals surface area contributed by atoms with E-state index in [2.05, 4.69) is 10.7 Å². The third-order valence-electron chi connectivity index (χ3n) is 6.05. The molecule has 0 radical (unpaired) electrons. The Morgan fingerprint density at radius 3 is 2.64 bits per heavy atom. The van der Waals surface area contributed by atoms with Crippen molar-refractivity contribution in [3.8, 4) is 0 Å². The highest BCUT2D eigenvalue weighted by atomic mass is 16.6. The zero-order chi connectivity index (χ0) is 24.4. The molecule has 4 amide bonds. The van der Waals surface area contributed by atoms with E-state index in [9.17, 15) is 29.4 Å². The van der Waals surface area contributed by atoms with Crippen LogP contribution in [0.3, 0.4) is 0 Å². The monoisotopic (exact) mass is 466 g/mol. The molecule has 1 saturated carbocycles. The maximum absolute atomic E-state index is 13.3. The van der Waals surface area contributed by atoms with Gasteiger partial charge in [0.2, 0.25) is 5.91 Å². The fourth-order valence-corrected chi connectivity index (χ4v) is 4.28. The van der Waals surface area contributed by atoms with E-state index in [-0.39, 0.29) is 31.8 Å². The van der Waals surface area contributed by atoms with Crippen LogP contribution >= 0.6 is 0 Å². The molecule has 2 heterocycles. The Morgan fingerprint density at radius 2 is 1.97 bits per heavy atom. The molecule has 0 bridgehead atoms. The third kappa shape index (κ3) is 5.95. The molecule has 3 aliphatic rings. The number of hydrazine groups is 1. The van der Waals surface area contributed by atoms with Crippen molar-refractivity contribution in [2.75, 3.05) is 13.1 Å². The number of carboxylic acids is 1. The van der Waals surface area contributed by atoms with Crippen LogP contribution in [0.2, 0.25) is 0 Å². The first-order valence-electron chi connectivity index (χ1n) is 11.4. The number of hydrogen-bond donors (Lipinski definition) is 4. The predicted octanol–water partition coefficient (Wildman–Crippen LogP) is 1.37. The molecule has 1 aliphatic carbocycles. The first-order chi connectivity index (χ1) is 15.4. The van der Waals surface area contributed by atoms with Crippen LogP contribution in [0.1, 0.15) is 59.3 Å². The van der Waals surface area contributed by atoms with Gasteiger partial charge in [-0.05, 0) is 46.5 Å². The lowest BCUT2D eigenvalue weighted by atomic mass is 10.1. The molecule has 11 nitrogen and oxygen atoms in total. The molecular formula is C22H34N4O7. The summed E-state index contributed by atoms with van der Waals surface area (Å²) >= 11 is 0. The largest absolute Gasteiger partial charge is 0.479 e. The average Bonchev–Trinajstić information content (AvgIpc) is 3.25. The molecule has 11 heteroatoms. The minimum absolute atomic E-state index is 0.0198. The van der Waals surface area contributed by atoms with Gasteiger partial charge in [0.05, 0.1) is 6.10 Å². The fraction of sp³-hybridized carbons (Fsp3) is 0.727. The van der Waals surface area contributed by atoms with Crippen molar-refractivity contribution < 1.29 is 34.1 Å². The number of urea groups is 1. The van der Waals surface area contributed by atoms with Crippen LogP contribution in [-0.4, -0.2) is 80.5 Å². The summed E-state index contributed by atoms with van der Waals surface area (Å²) < 4.78 is 5.26. The minimum Gasteiger partial charge on any atom is -0.479 e. The number of carboxylic acid groups (broad SMARTS) is 1. The summed E-state index contributed by atoms with van der Waals surface area (Å²) in [5, 5.41) is 23.7.